The molecule has 2 aromatic carbocycles. The van der Waals surface area contributed by atoms with Gasteiger partial charge in [0.15, 0.2) is 0 Å². The summed E-state index contributed by atoms with van der Waals surface area (Å²) in [5, 5.41) is 8.62. The fourth-order valence-electron chi connectivity index (χ4n) is 4.69. The van der Waals surface area contributed by atoms with Crippen LogP contribution in [-0.4, -0.2) is 73.9 Å². The summed E-state index contributed by atoms with van der Waals surface area (Å²) in [4.78, 5) is 29.9. The molecule has 1 fully saturated rings. The monoisotopic (exact) mass is 584 g/mol. The van der Waals surface area contributed by atoms with Crippen molar-refractivity contribution >= 4 is 11.9 Å². The highest BCUT2D eigenvalue weighted by Gasteiger charge is 2.23. The third-order valence-corrected chi connectivity index (χ3v) is 7.02. The summed E-state index contributed by atoms with van der Waals surface area (Å²) in [6.07, 6.45) is 1.46. The van der Waals surface area contributed by atoms with Crippen molar-refractivity contribution in [2.24, 2.45) is 0 Å². The molecule has 1 aliphatic heterocycles. The summed E-state index contributed by atoms with van der Waals surface area (Å²) in [7, 11) is 0. The first-order valence-electron chi connectivity index (χ1n) is 13.8. The van der Waals surface area contributed by atoms with E-state index in [2.05, 4.69) is 30.1 Å². The van der Waals surface area contributed by atoms with Gasteiger partial charge in [-0.3, -0.25) is 0 Å². The molecule has 220 valence electrons. The van der Waals surface area contributed by atoms with E-state index in [1.54, 1.807) is 40.0 Å². The molecule has 5 aromatic rings. The Hall–Kier alpha value is -5.33. The van der Waals surface area contributed by atoms with Crippen molar-refractivity contribution in [3.05, 3.63) is 89.9 Å². The van der Waals surface area contributed by atoms with Crippen LogP contribution in [0.3, 0.4) is 0 Å². The maximum atomic E-state index is 12.5. The van der Waals surface area contributed by atoms with Crippen LogP contribution in [0.25, 0.3) is 23.1 Å². The molecule has 0 bridgehead atoms. The number of pyridine rings is 1. The summed E-state index contributed by atoms with van der Waals surface area (Å²) in [6.45, 7) is 4.08. The second kappa shape index (κ2) is 12.7. The number of benzene rings is 2. The van der Waals surface area contributed by atoms with Gasteiger partial charge in [0.2, 0.25) is 18.5 Å². The Morgan fingerprint density at radius 1 is 0.953 bits per heavy atom. The molecule has 6 rings (SSSR count). The Balaban J connectivity index is 1.06. The number of piperazine rings is 1. The van der Waals surface area contributed by atoms with Crippen LogP contribution in [0.2, 0.25) is 0 Å². The summed E-state index contributed by atoms with van der Waals surface area (Å²) in [5.41, 5.74) is 2.64. The first-order chi connectivity index (χ1) is 21.1. The molecule has 0 radical (unpaired) electrons. The lowest BCUT2D eigenvalue weighted by molar-refractivity contribution is 0.0941. The van der Waals surface area contributed by atoms with Crippen molar-refractivity contribution in [2.75, 3.05) is 37.9 Å². The molecule has 3 aromatic heterocycles. The van der Waals surface area contributed by atoms with Crippen LogP contribution in [-0.2, 0) is 17.9 Å². The van der Waals surface area contributed by atoms with Crippen molar-refractivity contribution in [3.8, 4) is 28.9 Å². The molecule has 0 aliphatic carbocycles. The molecule has 13 heteroatoms. The SMILES string of the molecule is Cc1nc(-c2nc(-c3ccc(OCF)cc3)no2)nn1Cc1ccnc(N2CCN(C(=O)OCc3ccccc3)CC2)c1. The third kappa shape index (κ3) is 6.61. The van der Waals surface area contributed by atoms with Gasteiger partial charge in [0, 0.05) is 37.9 Å². The summed E-state index contributed by atoms with van der Waals surface area (Å²) in [6, 6.07) is 20.3. The number of nitrogens with zero attached hydrogens (tertiary/aromatic N) is 8. The van der Waals surface area contributed by atoms with Gasteiger partial charge in [-0.25, -0.2) is 23.8 Å². The normalized spacial score (nSPS) is 13.3. The van der Waals surface area contributed by atoms with E-state index < -0.39 is 6.86 Å². The molecule has 0 unspecified atom stereocenters. The number of alkyl halides is 1. The second-order valence-electron chi connectivity index (χ2n) is 9.88. The van der Waals surface area contributed by atoms with Gasteiger partial charge in [0.1, 0.15) is 24.0 Å². The van der Waals surface area contributed by atoms with Gasteiger partial charge in [-0.05, 0) is 54.4 Å². The maximum absolute atomic E-state index is 12.5. The zero-order chi connectivity index (χ0) is 29.6. The Kier molecular flexibility index (Phi) is 8.20. The number of hydrogen-bond acceptors (Lipinski definition) is 10. The number of carbonyl (C=O) groups excluding carboxylic acids is 1. The number of rotatable bonds is 9. The minimum absolute atomic E-state index is 0.191. The maximum Gasteiger partial charge on any atom is 0.410 e. The second-order valence-corrected chi connectivity index (χ2v) is 9.88. The average molecular weight is 585 g/mol. The smallest absolute Gasteiger partial charge is 0.410 e. The van der Waals surface area contributed by atoms with Crippen molar-refractivity contribution in [2.45, 2.75) is 20.1 Å². The van der Waals surface area contributed by atoms with Crippen LogP contribution in [0.4, 0.5) is 15.0 Å². The quantitative estimate of drug-likeness (QED) is 0.244. The fraction of sp³-hybridized carbons (Fsp3) is 0.267. The van der Waals surface area contributed by atoms with Crippen molar-refractivity contribution in [1.29, 1.82) is 0 Å². The first kappa shape index (κ1) is 27.8. The molecule has 1 saturated heterocycles. The van der Waals surface area contributed by atoms with Crippen LogP contribution in [0.5, 0.6) is 5.75 Å². The molecule has 0 saturated carbocycles. The van der Waals surface area contributed by atoms with Crippen LogP contribution >= 0.6 is 0 Å². The molecule has 43 heavy (non-hydrogen) atoms. The molecule has 1 amide bonds. The Bertz CT molecular complexity index is 1670. The zero-order valence-corrected chi connectivity index (χ0v) is 23.5. The van der Waals surface area contributed by atoms with E-state index in [0.717, 1.165) is 16.9 Å². The van der Waals surface area contributed by atoms with Gasteiger partial charge in [-0.15, -0.1) is 5.10 Å². The standard InChI is InChI=1S/C30H29FN8O4/c1-21-33-28(29-34-27(36-43-29)24-7-9-25(10-8-24)42-20-31)35-39(21)18-23-11-12-32-26(17-23)37-13-15-38(16-14-37)30(40)41-19-22-5-3-2-4-6-22/h2-12,17H,13-16,18-20H2,1H3. The van der Waals surface area contributed by atoms with Crippen molar-refractivity contribution in [3.63, 3.8) is 0 Å². The number of aromatic nitrogens is 6. The van der Waals surface area contributed by atoms with Crippen molar-refractivity contribution < 1.29 is 23.2 Å². The number of anilines is 1. The summed E-state index contributed by atoms with van der Waals surface area (Å²) in [5.74, 6) is 2.79. The minimum atomic E-state index is -0.898. The number of amides is 1. The summed E-state index contributed by atoms with van der Waals surface area (Å²) >= 11 is 0. The average Bonchev–Trinajstić information content (AvgIpc) is 3.68. The largest absolute Gasteiger partial charge is 0.463 e. The van der Waals surface area contributed by atoms with E-state index in [0.29, 0.717) is 61.5 Å². The molecule has 0 atom stereocenters. The lowest BCUT2D eigenvalue weighted by atomic mass is 10.2. The van der Waals surface area contributed by atoms with Crippen molar-refractivity contribution in [1.82, 2.24) is 34.8 Å². The van der Waals surface area contributed by atoms with Gasteiger partial charge in [0.25, 0.3) is 5.89 Å². The van der Waals surface area contributed by atoms with E-state index in [1.807, 2.05) is 49.4 Å². The fourth-order valence-corrected chi connectivity index (χ4v) is 4.69. The molecule has 0 N–H and O–H groups in total. The van der Waals surface area contributed by atoms with E-state index in [-0.39, 0.29) is 18.6 Å². The van der Waals surface area contributed by atoms with E-state index in [4.69, 9.17) is 14.0 Å². The third-order valence-electron chi connectivity index (χ3n) is 7.02. The predicted molar refractivity (Wildman–Crippen MR) is 154 cm³/mol. The minimum Gasteiger partial charge on any atom is -0.463 e. The number of aryl methyl sites for hydroxylation is 1. The highest BCUT2D eigenvalue weighted by molar-refractivity contribution is 5.68. The molecule has 0 spiro atoms. The first-order valence-corrected chi connectivity index (χ1v) is 13.8. The van der Waals surface area contributed by atoms with Gasteiger partial charge in [-0.2, -0.15) is 4.98 Å². The van der Waals surface area contributed by atoms with Crippen LogP contribution in [0, 0.1) is 6.92 Å². The zero-order valence-electron chi connectivity index (χ0n) is 23.5. The predicted octanol–water partition coefficient (Wildman–Crippen LogP) is 4.51. The highest BCUT2D eigenvalue weighted by atomic mass is 19.1. The molecular weight excluding hydrogens is 555 g/mol. The van der Waals surface area contributed by atoms with Gasteiger partial charge in [0.05, 0.1) is 6.54 Å². The van der Waals surface area contributed by atoms with Gasteiger partial charge >= 0.3 is 6.09 Å². The Labute approximate surface area is 246 Å². The molecule has 12 nitrogen and oxygen atoms in total. The topological polar surface area (TPSA) is 125 Å². The summed E-state index contributed by atoms with van der Waals surface area (Å²) < 4.78 is 29.9. The number of hydrogen-bond donors (Lipinski definition) is 0. The molecular formula is C30H29FN8O4. The number of ether oxygens (including phenoxy) is 2. The molecule has 4 heterocycles. The van der Waals surface area contributed by atoms with E-state index >= 15 is 0 Å². The Morgan fingerprint density at radius 3 is 2.51 bits per heavy atom. The lowest BCUT2D eigenvalue weighted by Crippen LogP contribution is -2.49. The van der Waals surface area contributed by atoms with Crippen LogP contribution < -0.4 is 9.64 Å². The van der Waals surface area contributed by atoms with Crippen LogP contribution in [0.1, 0.15) is 17.0 Å². The number of halogens is 1. The highest BCUT2D eigenvalue weighted by Crippen LogP contribution is 2.23. The van der Waals surface area contributed by atoms with E-state index in [1.165, 1.54) is 0 Å². The van der Waals surface area contributed by atoms with E-state index in [9.17, 15) is 9.18 Å². The number of carbonyl (C=O) groups is 1. The van der Waals surface area contributed by atoms with Crippen LogP contribution in [0.15, 0.2) is 77.4 Å². The lowest BCUT2D eigenvalue weighted by Gasteiger charge is -2.34. The van der Waals surface area contributed by atoms with Gasteiger partial charge < -0.3 is 23.8 Å². The van der Waals surface area contributed by atoms with Gasteiger partial charge in [-0.1, -0.05) is 35.5 Å². The molecule has 1 aliphatic rings. The Morgan fingerprint density at radius 2 is 1.74 bits per heavy atom.